The Bertz CT molecular complexity index is 246. The average molecular weight is 211 g/mol. The Morgan fingerprint density at radius 1 is 1.40 bits per heavy atom. The molecule has 0 heterocycles. The SMILES string of the molecule is CCOC(=O)C1(CN)CC2CCC1CC2. The van der Waals surface area contributed by atoms with Crippen molar-refractivity contribution in [2.75, 3.05) is 13.2 Å². The highest BCUT2D eigenvalue weighted by molar-refractivity contribution is 5.78. The van der Waals surface area contributed by atoms with Crippen LogP contribution in [0.3, 0.4) is 0 Å². The maximum atomic E-state index is 12.0. The molecule has 3 saturated carbocycles. The smallest absolute Gasteiger partial charge is 0.313 e. The Kier molecular flexibility index (Phi) is 3.01. The van der Waals surface area contributed by atoms with Gasteiger partial charge in [-0.1, -0.05) is 12.8 Å². The minimum atomic E-state index is -0.336. The number of carbonyl (C=O) groups excluding carboxylic acids is 1. The predicted octanol–water partition coefficient (Wildman–Crippen LogP) is 1.70. The molecule has 3 rings (SSSR count). The third-order valence-corrected chi connectivity index (χ3v) is 4.33. The van der Waals surface area contributed by atoms with E-state index in [1.54, 1.807) is 0 Å². The van der Waals surface area contributed by atoms with Gasteiger partial charge in [-0.25, -0.2) is 0 Å². The van der Waals surface area contributed by atoms with Gasteiger partial charge < -0.3 is 10.5 Å². The number of hydrogen-bond donors (Lipinski definition) is 1. The van der Waals surface area contributed by atoms with Crippen LogP contribution in [0, 0.1) is 17.3 Å². The molecule has 0 amide bonds. The number of ether oxygens (including phenoxy) is 1. The van der Waals surface area contributed by atoms with E-state index in [1.165, 1.54) is 25.7 Å². The zero-order valence-electron chi connectivity index (χ0n) is 9.50. The molecule has 3 fully saturated rings. The van der Waals surface area contributed by atoms with Gasteiger partial charge in [-0.3, -0.25) is 4.79 Å². The Balaban J connectivity index is 2.17. The van der Waals surface area contributed by atoms with E-state index in [4.69, 9.17) is 10.5 Å². The summed E-state index contributed by atoms with van der Waals surface area (Å²) in [4.78, 5) is 12.0. The minimum Gasteiger partial charge on any atom is -0.466 e. The van der Waals surface area contributed by atoms with Crippen LogP contribution in [0.25, 0.3) is 0 Å². The Labute approximate surface area is 91.4 Å². The van der Waals surface area contributed by atoms with Crippen molar-refractivity contribution in [2.45, 2.75) is 39.0 Å². The van der Waals surface area contributed by atoms with Crippen molar-refractivity contribution in [3.05, 3.63) is 0 Å². The third kappa shape index (κ3) is 1.67. The molecule has 0 spiro atoms. The lowest BCUT2D eigenvalue weighted by molar-refractivity contribution is -0.166. The molecule has 1 unspecified atom stereocenters. The van der Waals surface area contributed by atoms with Crippen molar-refractivity contribution < 1.29 is 9.53 Å². The Hall–Kier alpha value is -0.570. The molecule has 0 aromatic rings. The molecule has 3 aliphatic rings. The van der Waals surface area contributed by atoms with E-state index in [-0.39, 0.29) is 11.4 Å². The minimum absolute atomic E-state index is 0.0399. The first-order chi connectivity index (χ1) is 7.23. The fourth-order valence-electron chi connectivity index (χ4n) is 3.46. The van der Waals surface area contributed by atoms with Gasteiger partial charge in [-0.05, 0) is 38.0 Å². The fraction of sp³-hybridized carbons (Fsp3) is 0.917. The Morgan fingerprint density at radius 3 is 2.47 bits per heavy atom. The first-order valence-corrected chi connectivity index (χ1v) is 6.10. The van der Waals surface area contributed by atoms with Crippen LogP contribution in [-0.2, 0) is 9.53 Å². The lowest BCUT2D eigenvalue weighted by atomic mass is 9.56. The molecule has 86 valence electrons. The second-order valence-electron chi connectivity index (χ2n) is 5.00. The van der Waals surface area contributed by atoms with Crippen LogP contribution in [-0.4, -0.2) is 19.1 Å². The molecule has 2 N–H and O–H groups in total. The van der Waals surface area contributed by atoms with E-state index >= 15 is 0 Å². The van der Waals surface area contributed by atoms with Crippen LogP contribution < -0.4 is 5.73 Å². The van der Waals surface area contributed by atoms with E-state index in [1.807, 2.05) is 6.92 Å². The van der Waals surface area contributed by atoms with Crippen molar-refractivity contribution in [3.63, 3.8) is 0 Å². The quantitative estimate of drug-likeness (QED) is 0.723. The van der Waals surface area contributed by atoms with Gasteiger partial charge in [0, 0.05) is 6.54 Å². The molecule has 15 heavy (non-hydrogen) atoms. The molecule has 0 radical (unpaired) electrons. The molecule has 0 aromatic heterocycles. The number of esters is 1. The molecule has 0 aromatic carbocycles. The lowest BCUT2D eigenvalue weighted by Crippen LogP contribution is -2.52. The van der Waals surface area contributed by atoms with E-state index < -0.39 is 0 Å². The van der Waals surface area contributed by atoms with Gasteiger partial charge in [0.1, 0.15) is 0 Å². The Morgan fingerprint density at radius 2 is 2.07 bits per heavy atom. The van der Waals surface area contributed by atoms with Gasteiger partial charge in [0.25, 0.3) is 0 Å². The summed E-state index contributed by atoms with van der Waals surface area (Å²) in [5, 5.41) is 0. The maximum Gasteiger partial charge on any atom is 0.313 e. The van der Waals surface area contributed by atoms with Crippen LogP contribution in [0.4, 0.5) is 0 Å². The van der Waals surface area contributed by atoms with Crippen LogP contribution in [0.2, 0.25) is 0 Å². The largest absolute Gasteiger partial charge is 0.466 e. The summed E-state index contributed by atoms with van der Waals surface area (Å²) in [7, 11) is 0. The normalized spacial score (nSPS) is 39.1. The third-order valence-electron chi connectivity index (χ3n) is 4.33. The van der Waals surface area contributed by atoms with E-state index in [2.05, 4.69) is 0 Å². The van der Waals surface area contributed by atoms with Crippen LogP contribution in [0.5, 0.6) is 0 Å². The summed E-state index contributed by atoms with van der Waals surface area (Å²) in [5.74, 6) is 1.15. The van der Waals surface area contributed by atoms with Crippen LogP contribution in [0.1, 0.15) is 39.0 Å². The van der Waals surface area contributed by atoms with Crippen molar-refractivity contribution in [2.24, 2.45) is 23.0 Å². The van der Waals surface area contributed by atoms with Crippen molar-refractivity contribution in [1.82, 2.24) is 0 Å². The van der Waals surface area contributed by atoms with Gasteiger partial charge in [0.05, 0.1) is 12.0 Å². The topological polar surface area (TPSA) is 52.3 Å². The molecule has 3 heteroatoms. The standard InChI is InChI=1S/C12H21NO2/c1-2-15-11(14)12(8-13)7-9-3-5-10(12)6-4-9/h9-10H,2-8,13H2,1H3. The number of nitrogens with two attached hydrogens (primary N) is 1. The van der Waals surface area contributed by atoms with Crippen LogP contribution in [0.15, 0.2) is 0 Å². The zero-order valence-corrected chi connectivity index (χ0v) is 9.50. The lowest BCUT2D eigenvalue weighted by Gasteiger charge is -2.49. The van der Waals surface area contributed by atoms with Crippen LogP contribution >= 0.6 is 0 Å². The zero-order chi connectivity index (χ0) is 10.9. The molecule has 0 saturated heterocycles. The molecule has 0 aliphatic heterocycles. The van der Waals surface area contributed by atoms with E-state index in [9.17, 15) is 4.79 Å². The first-order valence-electron chi connectivity index (χ1n) is 6.10. The second kappa shape index (κ2) is 4.12. The summed E-state index contributed by atoms with van der Waals surface area (Å²) in [6.07, 6.45) is 5.87. The summed E-state index contributed by atoms with van der Waals surface area (Å²) in [6.45, 7) is 2.80. The van der Waals surface area contributed by atoms with Gasteiger partial charge in [0.15, 0.2) is 0 Å². The molecule has 2 bridgehead atoms. The number of fused-ring (bicyclic) bond motifs is 3. The van der Waals surface area contributed by atoms with E-state index in [0.29, 0.717) is 25.0 Å². The highest BCUT2D eigenvalue weighted by atomic mass is 16.5. The fourth-order valence-corrected chi connectivity index (χ4v) is 3.46. The molecular weight excluding hydrogens is 190 g/mol. The summed E-state index contributed by atoms with van der Waals surface area (Å²) >= 11 is 0. The molecular formula is C12H21NO2. The van der Waals surface area contributed by atoms with Crippen molar-refractivity contribution in [1.29, 1.82) is 0 Å². The van der Waals surface area contributed by atoms with E-state index in [0.717, 1.165) is 6.42 Å². The maximum absolute atomic E-state index is 12.0. The molecule has 1 atom stereocenters. The number of hydrogen-bond acceptors (Lipinski definition) is 3. The molecule has 3 aliphatic carbocycles. The first kappa shape index (κ1) is 10.9. The van der Waals surface area contributed by atoms with Crippen molar-refractivity contribution in [3.8, 4) is 0 Å². The van der Waals surface area contributed by atoms with Crippen molar-refractivity contribution >= 4 is 5.97 Å². The summed E-state index contributed by atoms with van der Waals surface area (Å²) in [5.41, 5.74) is 5.52. The summed E-state index contributed by atoms with van der Waals surface area (Å²) in [6, 6.07) is 0. The second-order valence-corrected chi connectivity index (χ2v) is 5.00. The number of rotatable bonds is 3. The molecule has 3 nitrogen and oxygen atoms in total. The number of carbonyl (C=O) groups is 1. The van der Waals surface area contributed by atoms with Gasteiger partial charge in [-0.15, -0.1) is 0 Å². The highest BCUT2D eigenvalue weighted by Crippen LogP contribution is 2.52. The average Bonchev–Trinajstić information content (AvgIpc) is 2.30. The van der Waals surface area contributed by atoms with Gasteiger partial charge in [0.2, 0.25) is 0 Å². The predicted molar refractivity (Wildman–Crippen MR) is 58.2 cm³/mol. The van der Waals surface area contributed by atoms with Gasteiger partial charge >= 0.3 is 5.97 Å². The van der Waals surface area contributed by atoms with Gasteiger partial charge in [-0.2, -0.15) is 0 Å². The highest BCUT2D eigenvalue weighted by Gasteiger charge is 2.52. The monoisotopic (exact) mass is 211 g/mol. The summed E-state index contributed by atoms with van der Waals surface area (Å²) < 4.78 is 5.21.